The Kier molecular flexibility index (Phi) is 5.81. The lowest BCUT2D eigenvalue weighted by molar-refractivity contribution is -0.885. The van der Waals surface area contributed by atoms with Crippen molar-refractivity contribution in [1.82, 2.24) is 10.6 Å². The van der Waals surface area contributed by atoms with Crippen LogP contribution in [0.2, 0.25) is 0 Å². The van der Waals surface area contributed by atoms with Gasteiger partial charge < -0.3 is 25.0 Å². The molecular formula is C16H24N3O4+. The molecule has 7 nitrogen and oxygen atoms in total. The fourth-order valence-electron chi connectivity index (χ4n) is 2.68. The zero-order valence-electron chi connectivity index (χ0n) is 13.8. The van der Waals surface area contributed by atoms with Gasteiger partial charge in [-0.25, -0.2) is 0 Å². The predicted molar refractivity (Wildman–Crippen MR) is 84.7 cm³/mol. The summed E-state index contributed by atoms with van der Waals surface area (Å²) in [5.41, 5.74) is 0.853. The Morgan fingerprint density at radius 3 is 2.83 bits per heavy atom. The van der Waals surface area contributed by atoms with Gasteiger partial charge in [0, 0.05) is 5.56 Å². The van der Waals surface area contributed by atoms with Crippen molar-refractivity contribution in [2.24, 2.45) is 0 Å². The van der Waals surface area contributed by atoms with Gasteiger partial charge in [-0.15, -0.1) is 0 Å². The van der Waals surface area contributed by atoms with Crippen LogP contribution >= 0.6 is 0 Å². The average Bonchev–Trinajstić information content (AvgIpc) is 2.54. The fraction of sp³-hybridized carbons (Fsp3) is 0.500. The third-order valence-corrected chi connectivity index (χ3v) is 3.90. The van der Waals surface area contributed by atoms with Gasteiger partial charge >= 0.3 is 0 Å². The number of hydrogen-bond acceptors (Lipinski definition) is 4. The van der Waals surface area contributed by atoms with Crippen LogP contribution in [-0.2, 0) is 9.59 Å². The molecule has 0 saturated carbocycles. The van der Waals surface area contributed by atoms with E-state index < -0.39 is 0 Å². The van der Waals surface area contributed by atoms with Crippen molar-refractivity contribution in [3.8, 4) is 11.5 Å². The zero-order chi connectivity index (χ0) is 16.8. The number of piperazine rings is 1. The summed E-state index contributed by atoms with van der Waals surface area (Å²) in [5, 5.41) is 5.71. The Balaban J connectivity index is 1.99. The Morgan fingerprint density at radius 2 is 2.17 bits per heavy atom. The third kappa shape index (κ3) is 4.59. The van der Waals surface area contributed by atoms with E-state index >= 15 is 0 Å². The Morgan fingerprint density at radius 1 is 1.39 bits per heavy atom. The van der Waals surface area contributed by atoms with Gasteiger partial charge in [0.05, 0.1) is 33.4 Å². The quantitative estimate of drug-likeness (QED) is 0.621. The van der Waals surface area contributed by atoms with E-state index in [9.17, 15) is 9.59 Å². The largest absolute Gasteiger partial charge is 0.497 e. The highest BCUT2D eigenvalue weighted by molar-refractivity contribution is 5.79. The Labute approximate surface area is 135 Å². The van der Waals surface area contributed by atoms with Crippen LogP contribution in [0, 0.1) is 0 Å². The Hall–Kier alpha value is -2.28. The number of hydrogen-bond donors (Lipinski definition) is 3. The normalized spacial score (nSPS) is 18.7. The zero-order valence-corrected chi connectivity index (χ0v) is 13.8. The smallest absolute Gasteiger partial charge is 0.275 e. The highest BCUT2D eigenvalue weighted by Gasteiger charge is 2.23. The molecule has 1 heterocycles. The molecule has 1 aliphatic rings. The first-order valence-corrected chi connectivity index (χ1v) is 7.65. The molecule has 0 radical (unpaired) electrons. The van der Waals surface area contributed by atoms with Crippen LogP contribution in [0.25, 0.3) is 0 Å². The number of rotatable bonds is 6. The first-order valence-electron chi connectivity index (χ1n) is 7.65. The molecular weight excluding hydrogens is 298 g/mol. The highest BCUT2D eigenvalue weighted by atomic mass is 16.5. The number of nitrogens with one attached hydrogen (secondary N) is 3. The van der Waals surface area contributed by atoms with Gasteiger partial charge in [0.15, 0.2) is 13.1 Å². The van der Waals surface area contributed by atoms with E-state index in [1.54, 1.807) is 14.2 Å². The molecule has 1 aromatic rings. The van der Waals surface area contributed by atoms with Crippen LogP contribution in [0.5, 0.6) is 11.5 Å². The van der Waals surface area contributed by atoms with E-state index in [0.29, 0.717) is 24.6 Å². The van der Waals surface area contributed by atoms with E-state index in [2.05, 4.69) is 10.6 Å². The van der Waals surface area contributed by atoms with Crippen LogP contribution < -0.4 is 25.0 Å². The fourth-order valence-corrected chi connectivity index (χ4v) is 2.68. The summed E-state index contributed by atoms with van der Waals surface area (Å²) in [6.07, 6.45) is 0. The van der Waals surface area contributed by atoms with Crippen molar-refractivity contribution in [3.63, 3.8) is 0 Å². The summed E-state index contributed by atoms with van der Waals surface area (Å²) in [6.45, 7) is 3.89. The maximum absolute atomic E-state index is 12.2. The number of carbonyl (C=O) groups is 2. The van der Waals surface area contributed by atoms with Crippen LogP contribution in [0.4, 0.5) is 0 Å². The van der Waals surface area contributed by atoms with Gasteiger partial charge in [-0.1, -0.05) is 0 Å². The monoisotopic (exact) mass is 322 g/mol. The summed E-state index contributed by atoms with van der Waals surface area (Å²) in [6, 6.07) is 5.26. The van der Waals surface area contributed by atoms with Crippen LogP contribution in [0.3, 0.4) is 0 Å². The summed E-state index contributed by atoms with van der Waals surface area (Å²) < 4.78 is 10.6. The van der Waals surface area contributed by atoms with Gasteiger partial charge in [0.2, 0.25) is 0 Å². The molecule has 3 N–H and O–H groups in total. The number of ether oxygens (including phenoxy) is 2. The van der Waals surface area contributed by atoms with Crippen molar-refractivity contribution >= 4 is 11.8 Å². The molecule has 1 fully saturated rings. The summed E-state index contributed by atoms with van der Waals surface area (Å²) >= 11 is 0. The minimum absolute atomic E-state index is 0.0124. The minimum Gasteiger partial charge on any atom is -0.497 e. The number of amides is 2. The maximum atomic E-state index is 12.2. The standard InChI is InChI=1S/C16H23N3O4/c1-11(13-8-12(22-2)4-5-14(13)23-3)18-16(21)10-19-7-6-17-15(20)9-19/h4-5,8,11H,6-7,9-10H2,1-3H3,(H,17,20)(H,18,21)/p+1/t11-/m0/s1. The highest BCUT2D eigenvalue weighted by Crippen LogP contribution is 2.29. The second kappa shape index (κ2) is 7.82. The number of carbonyl (C=O) groups excluding carboxylic acids is 2. The molecule has 126 valence electrons. The molecule has 0 aromatic heterocycles. The molecule has 1 aliphatic heterocycles. The molecule has 0 aliphatic carbocycles. The van der Waals surface area contributed by atoms with Crippen LogP contribution in [0.15, 0.2) is 18.2 Å². The summed E-state index contributed by atoms with van der Waals surface area (Å²) in [5.74, 6) is 1.30. The van der Waals surface area contributed by atoms with Crippen molar-refractivity contribution in [2.45, 2.75) is 13.0 Å². The minimum atomic E-state index is -0.217. The van der Waals surface area contributed by atoms with Gasteiger partial charge in [-0.05, 0) is 25.1 Å². The number of quaternary nitrogens is 1. The second-order valence-corrected chi connectivity index (χ2v) is 5.60. The van der Waals surface area contributed by atoms with Gasteiger partial charge in [-0.3, -0.25) is 9.59 Å². The molecule has 1 unspecified atom stereocenters. The van der Waals surface area contributed by atoms with E-state index in [1.165, 1.54) is 0 Å². The molecule has 2 atom stereocenters. The van der Waals surface area contributed by atoms with Crippen LogP contribution in [0.1, 0.15) is 18.5 Å². The molecule has 23 heavy (non-hydrogen) atoms. The lowest BCUT2D eigenvalue weighted by atomic mass is 10.1. The van der Waals surface area contributed by atoms with Crippen molar-refractivity contribution in [2.75, 3.05) is 40.4 Å². The molecule has 0 spiro atoms. The number of benzene rings is 1. The number of methoxy groups -OCH3 is 2. The van der Waals surface area contributed by atoms with Gasteiger partial charge in [0.25, 0.3) is 11.8 Å². The van der Waals surface area contributed by atoms with Crippen LogP contribution in [-0.4, -0.2) is 52.2 Å². The predicted octanol–water partition coefficient (Wildman–Crippen LogP) is -1.10. The van der Waals surface area contributed by atoms with E-state index in [0.717, 1.165) is 17.0 Å². The van der Waals surface area contributed by atoms with Gasteiger partial charge in [-0.2, -0.15) is 0 Å². The topological polar surface area (TPSA) is 81.1 Å². The van der Waals surface area contributed by atoms with E-state index in [4.69, 9.17) is 9.47 Å². The lowest BCUT2D eigenvalue weighted by Gasteiger charge is -2.24. The van der Waals surface area contributed by atoms with E-state index in [-0.39, 0.29) is 24.4 Å². The van der Waals surface area contributed by atoms with Gasteiger partial charge in [0.1, 0.15) is 11.5 Å². The van der Waals surface area contributed by atoms with E-state index in [1.807, 2.05) is 25.1 Å². The summed E-state index contributed by atoms with van der Waals surface area (Å²) in [7, 11) is 3.19. The molecule has 1 saturated heterocycles. The third-order valence-electron chi connectivity index (χ3n) is 3.90. The average molecular weight is 322 g/mol. The lowest BCUT2D eigenvalue weighted by Crippen LogP contribution is -3.16. The van der Waals surface area contributed by atoms with Crippen molar-refractivity contribution in [1.29, 1.82) is 0 Å². The first-order chi connectivity index (χ1) is 11.0. The van der Waals surface area contributed by atoms with Crippen molar-refractivity contribution < 1.29 is 24.0 Å². The maximum Gasteiger partial charge on any atom is 0.275 e. The molecule has 1 aromatic carbocycles. The Bertz CT molecular complexity index is 576. The molecule has 7 heteroatoms. The van der Waals surface area contributed by atoms with Crippen molar-refractivity contribution in [3.05, 3.63) is 23.8 Å². The second-order valence-electron chi connectivity index (χ2n) is 5.60. The molecule has 2 amide bonds. The first kappa shape index (κ1) is 17.1. The molecule has 2 rings (SSSR count). The SMILES string of the molecule is COc1ccc(OC)c([C@H](C)NC(=O)C[NH+]2CCNC(=O)C2)c1. The molecule has 0 bridgehead atoms. The summed E-state index contributed by atoms with van der Waals surface area (Å²) in [4.78, 5) is 24.5.